The van der Waals surface area contributed by atoms with Crippen LogP contribution in [0, 0.1) is 0 Å². The molecule has 0 aliphatic carbocycles. The molecule has 0 spiro atoms. The Morgan fingerprint density at radius 1 is 1.11 bits per heavy atom. The van der Waals surface area contributed by atoms with Crippen LogP contribution < -0.4 is 9.61 Å². The van der Waals surface area contributed by atoms with Gasteiger partial charge in [-0.25, -0.2) is 4.57 Å². The predicted molar refractivity (Wildman–Crippen MR) is 130 cm³/mol. The number of rotatable bonds is 13. The number of carbonyl (C=O) groups is 2. The topological polar surface area (TPSA) is 163 Å². The lowest BCUT2D eigenvalue weighted by Crippen LogP contribution is -2.38. The van der Waals surface area contributed by atoms with Crippen molar-refractivity contribution in [3.63, 3.8) is 0 Å². The second-order valence-corrected chi connectivity index (χ2v) is 10.2. The number of ether oxygens (including phenoxy) is 3. The standard InChI is InChI=1S/C24H31N2O10P/c1-15(2)34-23(30)16(3)26-37(31,36-18-9-5-4-6-10-18)33-14-20-21(28)22(29)24(35-20)32-13-19(27)17-8-7-11-25-12-17/h4-12,15-16,20-22,24,28-29H,13-14H2,1-3H3,(H,26,31)/t16-,20+,21+,22+,24+,37?/m0/s1. The number of carbonyl (C=O) groups excluding carboxylic acids is 2. The molecular formula is C24H31N2O10P. The molecule has 2 aromatic rings. The molecule has 1 fully saturated rings. The van der Waals surface area contributed by atoms with Crippen LogP contribution in [-0.2, 0) is 28.1 Å². The van der Waals surface area contributed by atoms with Crippen LogP contribution in [0.3, 0.4) is 0 Å². The van der Waals surface area contributed by atoms with Gasteiger partial charge in [0.1, 0.15) is 36.7 Å². The summed E-state index contributed by atoms with van der Waals surface area (Å²) in [6.45, 7) is 3.85. The minimum Gasteiger partial charge on any atom is -0.462 e. The molecule has 12 nitrogen and oxygen atoms in total. The Balaban J connectivity index is 1.63. The minimum absolute atomic E-state index is 0.200. The smallest absolute Gasteiger partial charge is 0.459 e. The lowest BCUT2D eigenvalue weighted by Gasteiger charge is -2.25. The lowest BCUT2D eigenvalue weighted by molar-refractivity contribution is -0.162. The van der Waals surface area contributed by atoms with E-state index in [1.165, 1.54) is 19.3 Å². The fourth-order valence-electron chi connectivity index (χ4n) is 3.26. The van der Waals surface area contributed by atoms with E-state index in [0.717, 1.165) is 0 Å². The second kappa shape index (κ2) is 13.2. The fourth-order valence-corrected chi connectivity index (χ4v) is 4.77. The van der Waals surface area contributed by atoms with Crippen LogP contribution in [-0.4, -0.2) is 76.9 Å². The first-order chi connectivity index (χ1) is 17.6. The van der Waals surface area contributed by atoms with Gasteiger partial charge in [-0.3, -0.25) is 19.1 Å². The summed E-state index contributed by atoms with van der Waals surface area (Å²) < 4.78 is 40.6. The number of nitrogens with zero attached hydrogens (tertiary/aromatic N) is 1. The monoisotopic (exact) mass is 538 g/mol. The molecule has 1 unspecified atom stereocenters. The van der Waals surface area contributed by atoms with E-state index in [2.05, 4.69) is 10.1 Å². The molecule has 2 heterocycles. The van der Waals surface area contributed by atoms with Crippen LogP contribution >= 0.6 is 7.75 Å². The number of aliphatic hydroxyl groups excluding tert-OH is 2. The number of pyridine rings is 1. The highest BCUT2D eigenvalue weighted by Gasteiger charge is 2.45. The maximum absolute atomic E-state index is 13.5. The number of benzene rings is 1. The van der Waals surface area contributed by atoms with Crippen molar-refractivity contribution in [2.75, 3.05) is 13.2 Å². The third kappa shape index (κ3) is 8.41. The van der Waals surface area contributed by atoms with Crippen molar-refractivity contribution < 1.29 is 47.6 Å². The molecule has 6 atom stereocenters. The van der Waals surface area contributed by atoms with Gasteiger partial charge in [0.15, 0.2) is 12.1 Å². The van der Waals surface area contributed by atoms with Crippen LogP contribution in [0.5, 0.6) is 5.75 Å². The molecule has 0 radical (unpaired) electrons. The Kier molecular flexibility index (Phi) is 10.3. The lowest BCUT2D eigenvalue weighted by atomic mass is 10.1. The molecule has 3 rings (SSSR count). The van der Waals surface area contributed by atoms with Gasteiger partial charge in [0.2, 0.25) is 0 Å². The molecule has 1 saturated heterocycles. The Morgan fingerprint density at radius 2 is 1.84 bits per heavy atom. The minimum atomic E-state index is -4.21. The van der Waals surface area contributed by atoms with E-state index in [-0.39, 0.29) is 5.75 Å². The van der Waals surface area contributed by atoms with Gasteiger partial charge < -0.3 is 28.9 Å². The van der Waals surface area contributed by atoms with Crippen LogP contribution in [0.15, 0.2) is 54.9 Å². The van der Waals surface area contributed by atoms with E-state index < -0.39 is 69.5 Å². The quantitative estimate of drug-likeness (QED) is 0.193. The highest BCUT2D eigenvalue weighted by molar-refractivity contribution is 7.52. The van der Waals surface area contributed by atoms with Crippen LogP contribution in [0.1, 0.15) is 31.1 Å². The van der Waals surface area contributed by atoms with E-state index >= 15 is 0 Å². The van der Waals surface area contributed by atoms with Crippen LogP contribution in [0.25, 0.3) is 0 Å². The van der Waals surface area contributed by atoms with Gasteiger partial charge in [-0.1, -0.05) is 18.2 Å². The van der Waals surface area contributed by atoms with Crippen molar-refractivity contribution in [1.82, 2.24) is 10.1 Å². The molecule has 202 valence electrons. The molecule has 0 bridgehead atoms. The molecular weight excluding hydrogens is 507 g/mol. The van der Waals surface area contributed by atoms with Crippen molar-refractivity contribution in [3.8, 4) is 5.75 Å². The van der Waals surface area contributed by atoms with Crippen molar-refractivity contribution in [3.05, 3.63) is 60.4 Å². The number of aromatic nitrogens is 1. The van der Waals surface area contributed by atoms with Gasteiger partial charge in [0, 0.05) is 18.0 Å². The average molecular weight is 538 g/mol. The first-order valence-corrected chi connectivity index (χ1v) is 13.2. The fraction of sp³-hybridized carbons (Fsp3) is 0.458. The Labute approximate surface area is 214 Å². The van der Waals surface area contributed by atoms with Gasteiger partial charge in [-0.15, -0.1) is 0 Å². The molecule has 1 aliphatic rings. The average Bonchev–Trinajstić information content (AvgIpc) is 3.14. The SMILES string of the molecule is CC(C)OC(=O)[C@H](C)NP(=O)(OC[C@H]1O[C@@H](OCC(=O)c2cccnc2)[C@H](O)[C@@H]1O)Oc1ccccc1. The zero-order valence-electron chi connectivity index (χ0n) is 20.6. The van der Waals surface area contributed by atoms with Crippen molar-refractivity contribution in [2.24, 2.45) is 0 Å². The molecule has 37 heavy (non-hydrogen) atoms. The first kappa shape index (κ1) is 28.9. The van der Waals surface area contributed by atoms with E-state index in [1.807, 2.05) is 0 Å². The third-order valence-electron chi connectivity index (χ3n) is 5.12. The zero-order valence-corrected chi connectivity index (χ0v) is 21.5. The van der Waals surface area contributed by atoms with Crippen molar-refractivity contribution in [2.45, 2.75) is 57.5 Å². The Morgan fingerprint density at radius 3 is 2.49 bits per heavy atom. The van der Waals surface area contributed by atoms with Gasteiger partial charge in [-0.2, -0.15) is 5.09 Å². The first-order valence-electron chi connectivity index (χ1n) is 11.6. The Bertz CT molecular complexity index is 1070. The molecule has 0 saturated carbocycles. The summed E-state index contributed by atoms with van der Waals surface area (Å²) >= 11 is 0. The predicted octanol–water partition coefficient (Wildman–Crippen LogP) is 1.86. The molecule has 13 heteroatoms. The third-order valence-corrected chi connectivity index (χ3v) is 6.76. The number of Topliss-reactive ketones (excluding diaryl/α,β-unsaturated/α-hetero) is 1. The summed E-state index contributed by atoms with van der Waals surface area (Å²) in [6.07, 6.45) is -3.00. The van der Waals surface area contributed by atoms with E-state index in [0.29, 0.717) is 5.56 Å². The van der Waals surface area contributed by atoms with Gasteiger partial charge in [0.25, 0.3) is 0 Å². The summed E-state index contributed by atoms with van der Waals surface area (Å²) in [5.41, 5.74) is 0.311. The summed E-state index contributed by atoms with van der Waals surface area (Å²) in [4.78, 5) is 28.3. The van der Waals surface area contributed by atoms with E-state index in [4.69, 9.17) is 23.3 Å². The molecule has 1 aromatic heterocycles. The summed E-state index contributed by atoms with van der Waals surface area (Å²) in [5.74, 6) is -0.870. The number of ketones is 1. The number of hydrogen-bond donors (Lipinski definition) is 3. The molecule has 1 aliphatic heterocycles. The number of aliphatic hydroxyl groups is 2. The summed E-state index contributed by atoms with van der Waals surface area (Å²) in [5, 5.41) is 23.3. The number of para-hydroxylation sites is 1. The van der Waals surface area contributed by atoms with E-state index in [9.17, 15) is 24.4 Å². The number of hydrogen-bond acceptors (Lipinski definition) is 11. The summed E-state index contributed by atoms with van der Waals surface area (Å²) in [6, 6.07) is 10.2. The molecule has 1 aromatic carbocycles. The Hall–Kier alpha value is -2.70. The molecule has 3 N–H and O–H groups in total. The highest BCUT2D eigenvalue weighted by atomic mass is 31.2. The van der Waals surface area contributed by atoms with Crippen LogP contribution in [0.4, 0.5) is 0 Å². The largest absolute Gasteiger partial charge is 0.462 e. The zero-order chi connectivity index (χ0) is 27.0. The maximum Gasteiger partial charge on any atom is 0.459 e. The van der Waals surface area contributed by atoms with Gasteiger partial charge >= 0.3 is 13.7 Å². The van der Waals surface area contributed by atoms with Crippen LogP contribution in [0.2, 0.25) is 0 Å². The van der Waals surface area contributed by atoms with Crippen molar-refractivity contribution in [1.29, 1.82) is 0 Å². The summed E-state index contributed by atoms with van der Waals surface area (Å²) in [7, 11) is -4.21. The number of nitrogens with one attached hydrogen (secondary N) is 1. The van der Waals surface area contributed by atoms with E-state index in [1.54, 1.807) is 56.3 Å². The highest BCUT2D eigenvalue weighted by Crippen LogP contribution is 2.45. The number of esters is 1. The normalized spacial score (nSPS) is 23.8. The second-order valence-electron chi connectivity index (χ2n) is 8.53. The molecule has 0 amide bonds. The van der Waals surface area contributed by atoms with Crippen molar-refractivity contribution >= 4 is 19.5 Å². The van der Waals surface area contributed by atoms with Gasteiger partial charge in [-0.05, 0) is 45.0 Å². The maximum atomic E-state index is 13.5. The van der Waals surface area contributed by atoms with Gasteiger partial charge in [0.05, 0.1) is 12.7 Å².